The van der Waals surface area contributed by atoms with Crippen LogP contribution in [-0.4, -0.2) is 40.1 Å². The molecule has 0 aromatic heterocycles. The van der Waals surface area contributed by atoms with E-state index in [2.05, 4.69) is 0 Å². The van der Waals surface area contributed by atoms with Gasteiger partial charge in [0.05, 0.1) is 7.11 Å². The van der Waals surface area contributed by atoms with Crippen LogP contribution in [0.15, 0.2) is 102 Å². The molecule has 1 aliphatic carbocycles. The number of nitrogens with two attached hydrogens (primary N) is 1. The van der Waals surface area contributed by atoms with Crippen molar-refractivity contribution >= 4 is 22.1 Å². The van der Waals surface area contributed by atoms with Crippen molar-refractivity contribution in [1.29, 1.82) is 0 Å². The van der Waals surface area contributed by atoms with Crippen LogP contribution in [0.5, 0.6) is 5.75 Å². The molecule has 0 heterocycles. The van der Waals surface area contributed by atoms with Gasteiger partial charge in [0.15, 0.2) is 0 Å². The van der Waals surface area contributed by atoms with Gasteiger partial charge in [-0.2, -0.15) is 8.42 Å². The van der Waals surface area contributed by atoms with Crippen LogP contribution in [0.3, 0.4) is 0 Å². The average Bonchev–Trinajstić information content (AvgIpc) is 3.30. The van der Waals surface area contributed by atoms with Gasteiger partial charge < -0.3 is 19.4 Å². The fraction of sp³-hybridized carbons (Fsp3) is 0.188. The van der Waals surface area contributed by atoms with Crippen LogP contribution in [0.1, 0.15) is 34.1 Å². The van der Waals surface area contributed by atoms with Crippen molar-refractivity contribution in [3.8, 4) is 16.9 Å². The molecule has 8 nitrogen and oxygen atoms in total. The van der Waals surface area contributed by atoms with Gasteiger partial charge in [0.1, 0.15) is 29.2 Å². The highest BCUT2D eigenvalue weighted by Gasteiger charge is 2.36. The van der Waals surface area contributed by atoms with E-state index in [1.807, 2.05) is 55.5 Å². The molecule has 0 amide bonds. The van der Waals surface area contributed by atoms with E-state index in [0.29, 0.717) is 5.56 Å². The van der Waals surface area contributed by atoms with Crippen LogP contribution in [0.2, 0.25) is 0 Å². The predicted molar refractivity (Wildman–Crippen MR) is 153 cm³/mol. The number of aryl methyl sites for hydroxylation is 1. The molecule has 0 saturated carbocycles. The number of fused-ring (bicyclic) bond motifs is 3. The van der Waals surface area contributed by atoms with Gasteiger partial charge in [-0.1, -0.05) is 78.4 Å². The first-order valence-electron chi connectivity index (χ1n) is 13.0. The molecule has 210 valence electrons. The van der Waals surface area contributed by atoms with E-state index in [-0.39, 0.29) is 23.2 Å². The van der Waals surface area contributed by atoms with Crippen molar-refractivity contribution in [1.82, 2.24) is 0 Å². The Morgan fingerprint density at radius 2 is 1.37 bits per heavy atom. The summed E-state index contributed by atoms with van der Waals surface area (Å²) in [6, 6.07) is 26.5. The summed E-state index contributed by atoms with van der Waals surface area (Å²) in [6.07, 6.45) is 0. The second-order valence-corrected chi connectivity index (χ2v) is 11.3. The zero-order valence-electron chi connectivity index (χ0n) is 22.5. The molecule has 0 radical (unpaired) electrons. The number of carbonyl (C=O) groups excluding carboxylic acids is 2. The zero-order chi connectivity index (χ0) is 29.1. The Hall–Kier alpha value is -4.47. The highest BCUT2D eigenvalue weighted by molar-refractivity contribution is 7.87. The molecule has 5 rings (SSSR count). The second-order valence-electron chi connectivity index (χ2n) is 9.80. The van der Waals surface area contributed by atoms with E-state index in [0.717, 1.165) is 27.8 Å². The summed E-state index contributed by atoms with van der Waals surface area (Å²) in [4.78, 5) is 25.9. The summed E-state index contributed by atoms with van der Waals surface area (Å²) in [7, 11) is -2.86. The molecule has 2 atom stereocenters. The molecule has 9 heteroatoms. The van der Waals surface area contributed by atoms with Crippen LogP contribution in [0.25, 0.3) is 11.1 Å². The van der Waals surface area contributed by atoms with Crippen molar-refractivity contribution in [3.05, 3.63) is 119 Å². The molecule has 2 unspecified atom stereocenters. The summed E-state index contributed by atoms with van der Waals surface area (Å²) in [5, 5.41) is 0. The molecule has 0 aliphatic heterocycles. The highest BCUT2D eigenvalue weighted by atomic mass is 32.2. The maximum atomic E-state index is 13.1. The Kier molecular flexibility index (Phi) is 7.92. The van der Waals surface area contributed by atoms with E-state index in [9.17, 15) is 18.0 Å². The fourth-order valence-corrected chi connectivity index (χ4v) is 5.99. The first-order valence-corrected chi connectivity index (χ1v) is 14.4. The van der Waals surface area contributed by atoms with E-state index in [1.54, 1.807) is 12.1 Å². The third kappa shape index (κ3) is 5.73. The topological polar surface area (TPSA) is 122 Å². The van der Waals surface area contributed by atoms with Gasteiger partial charge in [0.25, 0.3) is 0 Å². The first kappa shape index (κ1) is 28.1. The SMILES string of the molecule is COC(=O)C(c1ccc(OS(=O)(=O)c2ccc(C)cc2)cc1)C(N)C(=O)OCC1c2ccccc2-c2ccccc21. The van der Waals surface area contributed by atoms with Gasteiger partial charge in [-0.25, -0.2) is 0 Å². The summed E-state index contributed by atoms with van der Waals surface area (Å²) >= 11 is 0. The van der Waals surface area contributed by atoms with Crippen LogP contribution in [0, 0.1) is 6.92 Å². The Morgan fingerprint density at radius 3 is 1.93 bits per heavy atom. The van der Waals surface area contributed by atoms with Crippen LogP contribution in [-0.2, 0) is 29.2 Å². The molecule has 2 N–H and O–H groups in total. The molecule has 41 heavy (non-hydrogen) atoms. The third-order valence-corrected chi connectivity index (χ3v) is 8.46. The van der Waals surface area contributed by atoms with Gasteiger partial charge in [0, 0.05) is 5.92 Å². The van der Waals surface area contributed by atoms with Crippen LogP contribution in [0.4, 0.5) is 0 Å². The number of hydrogen-bond acceptors (Lipinski definition) is 8. The van der Waals surface area contributed by atoms with E-state index in [1.165, 1.54) is 43.5 Å². The quantitative estimate of drug-likeness (QED) is 0.227. The molecular formula is C32H29NO7S. The number of rotatable bonds is 9. The van der Waals surface area contributed by atoms with Gasteiger partial charge >= 0.3 is 22.1 Å². The lowest BCUT2D eigenvalue weighted by Crippen LogP contribution is -2.42. The molecule has 0 bridgehead atoms. The summed E-state index contributed by atoms with van der Waals surface area (Å²) in [6.45, 7) is 1.90. The van der Waals surface area contributed by atoms with Crippen molar-refractivity contribution in [2.24, 2.45) is 5.73 Å². The minimum Gasteiger partial charge on any atom is -0.468 e. The van der Waals surface area contributed by atoms with E-state index in [4.69, 9.17) is 19.4 Å². The molecule has 1 aliphatic rings. The maximum Gasteiger partial charge on any atom is 0.339 e. The Morgan fingerprint density at radius 1 is 0.805 bits per heavy atom. The fourth-order valence-electron chi connectivity index (χ4n) is 5.06. The molecule has 0 spiro atoms. The number of benzene rings is 4. The first-order chi connectivity index (χ1) is 19.7. The summed E-state index contributed by atoms with van der Waals surface area (Å²) < 4.78 is 41.1. The van der Waals surface area contributed by atoms with E-state index >= 15 is 0 Å². The second kappa shape index (κ2) is 11.6. The van der Waals surface area contributed by atoms with Crippen molar-refractivity contribution < 1.29 is 31.7 Å². The molecule has 4 aromatic carbocycles. The van der Waals surface area contributed by atoms with Gasteiger partial charge in [-0.15, -0.1) is 0 Å². The Bertz CT molecular complexity index is 1640. The molecule has 0 fully saturated rings. The minimum absolute atomic E-state index is 0.0110. The smallest absolute Gasteiger partial charge is 0.339 e. The third-order valence-electron chi connectivity index (χ3n) is 7.20. The zero-order valence-corrected chi connectivity index (χ0v) is 23.3. The number of carbonyl (C=O) groups is 2. The van der Waals surface area contributed by atoms with Gasteiger partial charge in [0.2, 0.25) is 0 Å². The molecule has 4 aromatic rings. The lowest BCUT2D eigenvalue weighted by molar-refractivity contribution is -0.152. The largest absolute Gasteiger partial charge is 0.468 e. The molecular weight excluding hydrogens is 542 g/mol. The monoisotopic (exact) mass is 571 g/mol. The number of ether oxygens (including phenoxy) is 2. The summed E-state index contributed by atoms with van der Waals surface area (Å²) in [5.74, 6) is -2.80. The Labute approximate surface area is 238 Å². The normalized spacial score (nSPS) is 13.9. The number of esters is 2. The van der Waals surface area contributed by atoms with Crippen LogP contribution < -0.4 is 9.92 Å². The number of methoxy groups -OCH3 is 1. The minimum atomic E-state index is -4.06. The van der Waals surface area contributed by atoms with Gasteiger partial charge in [-0.3, -0.25) is 9.59 Å². The lowest BCUT2D eigenvalue weighted by Gasteiger charge is -2.22. The highest BCUT2D eigenvalue weighted by Crippen LogP contribution is 2.44. The maximum absolute atomic E-state index is 13.1. The summed E-state index contributed by atoms with van der Waals surface area (Å²) in [5.41, 5.74) is 11.8. The average molecular weight is 572 g/mol. The van der Waals surface area contributed by atoms with Crippen molar-refractivity contribution in [3.63, 3.8) is 0 Å². The lowest BCUT2D eigenvalue weighted by atomic mass is 9.91. The van der Waals surface area contributed by atoms with Crippen molar-refractivity contribution in [2.75, 3.05) is 13.7 Å². The van der Waals surface area contributed by atoms with E-state index < -0.39 is 34.0 Å². The number of hydrogen-bond donors (Lipinski definition) is 1. The van der Waals surface area contributed by atoms with Crippen molar-refractivity contribution in [2.45, 2.75) is 29.7 Å². The van der Waals surface area contributed by atoms with Gasteiger partial charge in [-0.05, 0) is 59.0 Å². The standard InChI is InChI=1S/C32H29NO7S/c1-20-11-17-23(18-12-20)41(36,37)40-22-15-13-21(14-16-22)29(31(34)38-2)30(33)32(35)39-19-28-26-9-5-3-7-24(26)25-8-4-6-10-27(25)28/h3-18,28-30H,19,33H2,1-2H3. The Balaban J connectivity index is 1.31. The predicted octanol–water partition coefficient (Wildman–Crippen LogP) is 4.70. The molecule has 0 saturated heterocycles. The van der Waals surface area contributed by atoms with Crippen LogP contribution >= 0.6 is 0 Å².